The molecule has 78 valence electrons. The number of nitrogens with zero attached hydrogens (tertiary/aromatic N) is 2. The molecule has 0 saturated carbocycles. The molecular formula is C10H17N3O. The molecule has 4 nitrogen and oxygen atoms in total. The quantitative estimate of drug-likeness (QED) is 0.780. The molecule has 0 aromatic carbocycles. The zero-order chi connectivity index (χ0) is 10.6. The van der Waals surface area contributed by atoms with Crippen LogP contribution in [0.25, 0.3) is 0 Å². The summed E-state index contributed by atoms with van der Waals surface area (Å²) >= 11 is 0. The molecule has 0 bridgehead atoms. The van der Waals surface area contributed by atoms with E-state index < -0.39 is 0 Å². The lowest BCUT2D eigenvalue weighted by Crippen LogP contribution is -2.19. The third-order valence-corrected chi connectivity index (χ3v) is 1.69. The van der Waals surface area contributed by atoms with Crippen LogP contribution in [0.15, 0.2) is 6.07 Å². The van der Waals surface area contributed by atoms with Crippen molar-refractivity contribution in [3.05, 3.63) is 17.6 Å². The normalized spacial score (nSPS) is 12.6. The third kappa shape index (κ3) is 3.30. The van der Waals surface area contributed by atoms with Crippen molar-refractivity contribution in [1.29, 1.82) is 0 Å². The molecular weight excluding hydrogens is 178 g/mol. The maximum atomic E-state index is 5.70. The van der Waals surface area contributed by atoms with Crippen LogP contribution in [-0.2, 0) is 6.42 Å². The molecule has 0 spiro atoms. The molecule has 0 radical (unpaired) electrons. The van der Waals surface area contributed by atoms with Gasteiger partial charge in [-0.2, -0.15) is 4.98 Å². The second-order valence-corrected chi connectivity index (χ2v) is 3.36. The Morgan fingerprint density at radius 1 is 1.50 bits per heavy atom. The van der Waals surface area contributed by atoms with Gasteiger partial charge in [-0.3, -0.25) is 0 Å². The van der Waals surface area contributed by atoms with Crippen molar-refractivity contribution in [2.45, 2.75) is 33.2 Å². The average molecular weight is 195 g/mol. The van der Waals surface area contributed by atoms with Crippen LogP contribution < -0.4 is 10.5 Å². The van der Waals surface area contributed by atoms with E-state index in [1.54, 1.807) is 0 Å². The van der Waals surface area contributed by atoms with Gasteiger partial charge in [-0.15, -0.1) is 0 Å². The van der Waals surface area contributed by atoms with Gasteiger partial charge in [-0.25, -0.2) is 4.98 Å². The van der Waals surface area contributed by atoms with Crippen LogP contribution in [0, 0.1) is 6.92 Å². The highest BCUT2D eigenvalue weighted by molar-refractivity contribution is 5.16. The summed E-state index contributed by atoms with van der Waals surface area (Å²) in [5.41, 5.74) is 6.64. The van der Waals surface area contributed by atoms with Gasteiger partial charge in [-0.1, -0.05) is 0 Å². The van der Waals surface area contributed by atoms with Crippen molar-refractivity contribution in [2.24, 2.45) is 5.73 Å². The van der Waals surface area contributed by atoms with Gasteiger partial charge in [0.25, 0.3) is 0 Å². The Bertz CT molecular complexity index is 299. The largest absolute Gasteiger partial charge is 0.478 e. The minimum absolute atomic E-state index is 0.110. The first kappa shape index (κ1) is 10.9. The fourth-order valence-electron chi connectivity index (χ4n) is 1.26. The molecule has 1 aromatic rings. The van der Waals surface area contributed by atoms with Crippen LogP contribution in [0.4, 0.5) is 0 Å². The van der Waals surface area contributed by atoms with Gasteiger partial charge >= 0.3 is 0 Å². The fourth-order valence-corrected chi connectivity index (χ4v) is 1.26. The molecule has 0 saturated heterocycles. The van der Waals surface area contributed by atoms with Crippen molar-refractivity contribution in [2.75, 3.05) is 6.61 Å². The molecule has 1 heterocycles. The average Bonchev–Trinajstić information content (AvgIpc) is 2.01. The summed E-state index contributed by atoms with van der Waals surface area (Å²) in [5, 5.41) is 0. The Hall–Kier alpha value is -1.16. The Labute approximate surface area is 84.5 Å². The van der Waals surface area contributed by atoms with Crippen molar-refractivity contribution in [3.8, 4) is 5.88 Å². The Balaban J connectivity index is 2.83. The zero-order valence-corrected chi connectivity index (χ0v) is 8.95. The number of rotatable bonds is 4. The van der Waals surface area contributed by atoms with Crippen LogP contribution in [-0.4, -0.2) is 22.6 Å². The maximum Gasteiger partial charge on any atom is 0.216 e. The van der Waals surface area contributed by atoms with Gasteiger partial charge in [0.2, 0.25) is 5.88 Å². The van der Waals surface area contributed by atoms with E-state index in [1.165, 1.54) is 0 Å². The number of hydrogen-bond acceptors (Lipinski definition) is 4. The highest BCUT2D eigenvalue weighted by Gasteiger charge is 2.04. The van der Waals surface area contributed by atoms with Crippen LogP contribution in [0.2, 0.25) is 0 Å². The summed E-state index contributed by atoms with van der Waals surface area (Å²) in [7, 11) is 0. The first-order valence-corrected chi connectivity index (χ1v) is 4.84. The lowest BCUT2D eigenvalue weighted by molar-refractivity contribution is 0.324. The summed E-state index contributed by atoms with van der Waals surface area (Å²) in [6, 6.07) is 1.96. The van der Waals surface area contributed by atoms with E-state index in [-0.39, 0.29) is 6.04 Å². The Kier molecular flexibility index (Phi) is 3.83. The first-order chi connectivity index (χ1) is 6.61. The topological polar surface area (TPSA) is 61.0 Å². The van der Waals surface area contributed by atoms with E-state index in [0.717, 1.165) is 17.9 Å². The van der Waals surface area contributed by atoms with Gasteiger partial charge in [0.15, 0.2) is 0 Å². The molecule has 1 atom stereocenters. The van der Waals surface area contributed by atoms with Gasteiger partial charge in [0, 0.05) is 24.2 Å². The predicted octanol–water partition coefficient (Wildman–Crippen LogP) is 1.07. The Morgan fingerprint density at radius 3 is 2.79 bits per heavy atom. The highest BCUT2D eigenvalue weighted by Crippen LogP contribution is 2.10. The van der Waals surface area contributed by atoms with E-state index in [4.69, 9.17) is 10.5 Å². The van der Waals surface area contributed by atoms with E-state index in [1.807, 2.05) is 26.8 Å². The third-order valence-electron chi connectivity index (χ3n) is 1.69. The van der Waals surface area contributed by atoms with Crippen LogP contribution in [0.1, 0.15) is 25.4 Å². The molecule has 0 fully saturated rings. The van der Waals surface area contributed by atoms with Gasteiger partial charge < -0.3 is 10.5 Å². The number of hydrogen-bond donors (Lipinski definition) is 1. The molecule has 1 rings (SSSR count). The molecule has 0 aliphatic heterocycles. The molecule has 1 unspecified atom stereocenters. The number of ether oxygens (including phenoxy) is 1. The standard InChI is InChI=1S/C10H17N3O/c1-4-14-10-6-9(5-7(2)11)12-8(3)13-10/h6-7H,4-5,11H2,1-3H3. The van der Waals surface area contributed by atoms with Crippen molar-refractivity contribution in [3.63, 3.8) is 0 Å². The maximum absolute atomic E-state index is 5.70. The predicted molar refractivity (Wildman–Crippen MR) is 55.3 cm³/mol. The first-order valence-electron chi connectivity index (χ1n) is 4.84. The fraction of sp³-hybridized carbons (Fsp3) is 0.600. The lowest BCUT2D eigenvalue weighted by Gasteiger charge is -2.07. The monoisotopic (exact) mass is 195 g/mol. The van der Waals surface area contributed by atoms with E-state index in [2.05, 4.69) is 9.97 Å². The molecule has 4 heteroatoms. The molecule has 0 amide bonds. The highest BCUT2D eigenvalue weighted by atomic mass is 16.5. The minimum Gasteiger partial charge on any atom is -0.478 e. The van der Waals surface area contributed by atoms with Gasteiger partial charge in [0.05, 0.1) is 6.61 Å². The second kappa shape index (κ2) is 4.91. The van der Waals surface area contributed by atoms with E-state index >= 15 is 0 Å². The smallest absolute Gasteiger partial charge is 0.216 e. The summed E-state index contributed by atoms with van der Waals surface area (Å²) < 4.78 is 5.32. The summed E-state index contributed by atoms with van der Waals surface area (Å²) in [6.45, 7) is 6.36. The lowest BCUT2D eigenvalue weighted by atomic mass is 10.2. The zero-order valence-electron chi connectivity index (χ0n) is 8.95. The second-order valence-electron chi connectivity index (χ2n) is 3.36. The van der Waals surface area contributed by atoms with Crippen molar-refractivity contribution >= 4 is 0 Å². The summed E-state index contributed by atoms with van der Waals surface area (Å²) in [4.78, 5) is 8.44. The number of aryl methyl sites for hydroxylation is 1. The van der Waals surface area contributed by atoms with E-state index in [0.29, 0.717) is 12.5 Å². The number of nitrogens with two attached hydrogens (primary N) is 1. The van der Waals surface area contributed by atoms with Crippen LogP contribution in [0.3, 0.4) is 0 Å². The summed E-state index contributed by atoms with van der Waals surface area (Å²) in [6.07, 6.45) is 0.753. The molecule has 2 N–H and O–H groups in total. The molecule has 0 aliphatic rings. The van der Waals surface area contributed by atoms with Crippen molar-refractivity contribution < 1.29 is 4.74 Å². The number of aromatic nitrogens is 2. The van der Waals surface area contributed by atoms with Gasteiger partial charge in [0.1, 0.15) is 5.82 Å². The molecule has 14 heavy (non-hydrogen) atoms. The van der Waals surface area contributed by atoms with Gasteiger partial charge in [-0.05, 0) is 20.8 Å². The molecule has 0 aliphatic carbocycles. The van der Waals surface area contributed by atoms with Crippen LogP contribution >= 0.6 is 0 Å². The minimum atomic E-state index is 0.110. The SMILES string of the molecule is CCOc1cc(CC(C)N)nc(C)n1. The van der Waals surface area contributed by atoms with E-state index in [9.17, 15) is 0 Å². The van der Waals surface area contributed by atoms with Crippen molar-refractivity contribution in [1.82, 2.24) is 9.97 Å². The Morgan fingerprint density at radius 2 is 2.21 bits per heavy atom. The summed E-state index contributed by atoms with van der Waals surface area (Å²) in [5.74, 6) is 1.36. The van der Waals surface area contributed by atoms with Crippen LogP contribution in [0.5, 0.6) is 5.88 Å². The molecule has 1 aromatic heterocycles.